The zero-order valence-electron chi connectivity index (χ0n) is 10.8. The van der Waals surface area contributed by atoms with Gasteiger partial charge in [0.25, 0.3) is 0 Å². The molecule has 0 aromatic rings. The van der Waals surface area contributed by atoms with Crippen LogP contribution in [0.3, 0.4) is 0 Å². The van der Waals surface area contributed by atoms with Crippen LogP contribution in [0.25, 0.3) is 0 Å². The third-order valence-corrected chi connectivity index (χ3v) is 7.37. The van der Waals surface area contributed by atoms with E-state index in [2.05, 4.69) is 5.32 Å². The van der Waals surface area contributed by atoms with E-state index in [-0.39, 0.29) is 10.5 Å². The van der Waals surface area contributed by atoms with Gasteiger partial charge in [-0.2, -0.15) is 0 Å². The lowest BCUT2D eigenvalue weighted by molar-refractivity contribution is 0.385. The number of rotatable bonds is 3. The summed E-state index contributed by atoms with van der Waals surface area (Å²) >= 11 is 0. The molecule has 3 nitrogen and oxygen atoms in total. The van der Waals surface area contributed by atoms with Crippen molar-refractivity contribution in [3.05, 3.63) is 0 Å². The maximum Gasteiger partial charge on any atom is 0.156 e. The second kappa shape index (κ2) is 5.70. The Balaban J connectivity index is 1.96. The van der Waals surface area contributed by atoms with Crippen molar-refractivity contribution in [1.82, 2.24) is 5.32 Å². The molecule has 100 valence electrons. The van der Waals surface area contributed by atoms with Gasteiger partial charge in [-0.1, -0.05) is 19.3 Å². The zero-order chi connectivity index (χ0) is 12.3. The predicted octanol–water partition coefficient (Wildman–Crippen LogP) is 2.26. The van der Waals surface area contributed by atoms with Gasteiger partial charge in [0.2, 0.25) is 0 Å². The first-order valence-electron chi connectivity index (χ1n) is 7.04. The molecule has 4 heteroatoms. The quantitative estimate of drug-likeness (QED) is 0.845. The average molecular weight is 259 g/mol. The Kier molecular flexibility index (Phi) is 4.47. The van der Waals surface area contributed by atoms with Crippen molar-refractivity contribution in [1.29, 1.82) is 0 Å². The Morgan fingerprint density at radius 3 is 1.88 bits per heavy atom. The maximum atomic E-state index is 12.5. The third-order valence-electron chi connectivity index (χ3n) is 4.56. The van der Waals surface area contributed by atoms with Crippen LogP contribution in [0.1, 0.15) is 57.8 Å². The van der Waals surface area contributed by atoms with E-state index in [9.17, 15) is 8.42 Å². The third kappa shape index (κ3) is 3.02. The Bertz CT molecular complexity index is 325. The summed E-state index contributed by atoms with van der Waals surface area (Å²) in [5.41, 5.74) is 0. The van der Waals surface area contributed by atoms with E-state index in [1.165, 1.54) is 6.42 Å². The van der Waals surface area contributed by atoms with E-state index in [1.54, 1.807) is 0 Å². The molecular weight excluding hydrogens is 234 g/mol. The lowest BCUT2D eigenvalue weighted by Gasteiger charge is -2.32. The number of hydrogen-bond acceptors (Lipinski definition) is 3. The zero-order valence-corrected chi connectivity index (χ0v) is 11.6. The molecular formula is C13H25NO2S. The minimum atomic E-state index is -2.84. The Hall–Kier alpha value is -0.0900. The molecule has 2 saturated carbocycles. The minimum absolute atomic E-state index is 0.0209. The van der Waals surface area contributed by atoms with Gasteiger partial charge in [-0.3, -0.25) is 0 Å². The van der Waals surface area contributed by atoms with Crippen LogP contribution in [-0.4, -0.2) is 32.0 Å². The molecule has 2 aliphatic carbocycles. The van der Waals surface area contributed by atoms with Gasteiger partial charge < -0.3 is 5.32 Å². The summed E-state index contributed by atoms with van der Waals surface area (Å²) in [6.45, 7) is 0. The van der Waals surface area contributed by atoms with Crippen LogP contribution < -0.4 is 5.32 Å². The number of sulfone groups is 1. The van der Waals surface area contributed by atoms with Crippen LogP contribution in [0.4, 0.5) is 0 Å². The fourth-order valence-electron chi connectivity index (χ4n) is 3.35. The minimum Gasteiger partial charge on any atom is -0.317 e. The van der Waals surface area contributed by atoms with E-state index < -0.39 is 9.84 Å². The van der Waals surface area contributed by atoms with Crippen molar-refractivity contribution in [2.75, 3.05) is 7.05 Å². The molecule has 0 atom stereocenters. The molecule has 0 aromatic heterocycles. The van der Waals surface area contributed by atoms with Gasteiger partial charge >= 0.3 is 0 Å². The summed E-state index contributed by atoms with van der Waals surface area (Å²) < 4.78 is 25.0. The summed E-state index contributed by atoms with van der Waals surface area (Å²) in [5, 5.41) is 3.19. The summed E-state index contributed by atoms with van der Waals surface area (Å²) in [6.07, 6.45) is 9.03. The predicted molar refractivity (Wildman–Crippen MR) is 70.9 cm³/mol. The highest BCUT2D eigenvalue weighted by molar-refractivity contribution is 7.92. The van der Waals surface area contributed by atoms with Gasteiger partial charge in [0, 0.05) is 6.04 Å². The molecule has 0 radical (unpaired) electrons. The van der Waals surface area contributed by atoms with Gasteiger partial charge in [0.15, 0.2) is 9.84 Å². The number of nitrogens with one attached hydrogen (secondary N) is 1. The average Bonchev–Trinajstić information content (AvgIpc) is 2.40. The van der Waals surface area contributed by atoms with E-state index >= 15 is 0 Å². The molecule has 17 heavy (non-hydrogen) atoms. The van der Waals surface area contributed by atoms with Crippen molar-refractivity contribution in [3.63, 3.8) is 0 Å². The summed E-state index contributed by atoms with van der Waals surface area (Å²) in [4.78, 5) is 0. The van der Waals surface area contributed by atoms with Gasteiger partial charge in [-0.15, -0.1) is 0 Å². The molecule has 2 fully saturated rings. The summed E-state index contributed by atoms with van der Waals surface area (Å²) in [5.74, 6) is 0. The molecule has 0 unspecified atom stereocenters. The Morgan fingerprint density at radius 2 is 1.35 bits per heavy atom. The first-order valence-corrected chi connectivity index (χ1v) is 8.65. The van der Waals surface area contributed by atoms with Crippen LogP contribution in [-0.2, 0) is 9.84 Å². The first kappa shape index (κ1) is 13.3. The molecule has 0 bridgehead atoms. The van der Waals surface area contributed by atoms with Gasteiger partial charge in [-0.25, -0.2) is 8.42 Å². The summed E-state index contributed by atoms with van der Waals surface area (Å²) in [7, 11) is -0.872. The highest BCUT2D eigenvalue weighted by Gasteiger charge is 2.36. The van der Waals surface area contributed by atoms with Crippen LogP contribution in [0.2, 0.25) is 0 Å². The Labute approximate surface area is 105 Å². The fourth-order valence-corrected chi connectivity index (χ4v) is 5.81. The SMILES string of the molecule is CNC1CCC(S(=O)(=O)C2CCCCC2)CC1. The first-order chi connectivity index (χ1) is 8.14. The normalized spacial score (nSPS) is 32.5. The monoisotopic (exact) mass is 259 g/mol. The van der Waals surface area contributed by atoms with Crippen LogP contribution in [0.5, 0.6) is 0 Å². The van der Waals surface area contributed by atoms with Crippen LogP contribution in [0.15, 0.2) is 0 Å². The van der Waals surface area contributed by atoms with E-state index in [4.69, 9.17) is 0 Å². The topological polar surface area (TPSA) is 46.2 Å². The second-order valence-electron chi connectivity index (χ2n) is 5.61. The van der Waals surface area contributed by atoms with Crippen molar-refractivity contribution >= 4 is 9.84 Å². The largest absolute Gasteiger partial charge is 0.317 e. The molecule has 0 amide bonds. The smallest absolute Gasteiger partial charge is 0.156 e. The van der Waals surface area contributed by atoms with Gasteiger partial charge in [0.1, 0.15) is 0 Å². The van der Waals surface area contributed by atoms with E-state index in [0.717, 1.165) is 51.4 Å². The molecule has 0 spiro atoms. The lowest BCUT2D eigenvalue weighted by atomic mass is 9.95. The lowest BCUT2D eigenvalue weighted by Crippen LogP contribution is -2.39. The Morgan fingerprint density at radius 1 is 0.824 bits per heavy atom. The van der Waals surface area contributed by atoms with Gasteiger partial charge in [0.05, 0.1) is 10.5 Å². The number of hydrogen-bond donors (Lipinski definition) is 1. The summed E-state index contributed by atoms with van der Waals surface area (Å²) in [6, 6.07) is 0.535. The fraction of sp³-hybridized carbons (Fsp3) is 1.00. The van der Waals surface area contributed by atoms with Crippen molar-refractivity contribution in [3.8, 4) is 0 Å². The second-order valence-corrected chi connectivity index (χ2v) is 8.12. The van der Waals surface area contributed by atoms with E-state index in [0.29, 0.717) is 6.04 Å². The highest BCUT2D eigenvalue weighted by Crippen LogP contribution is 2.32. The van der Waals surface area contributed by atoms with Crippen molar-refractivity contribution in [2.45, 2.75) is 74.3 Å². The molecule has 2 aliphatic rings. The molecule has 2 rings (SSSR count). The van der Waals surface area contributed by atoms with Crippen molar-refractivity contribution in [2.24, 2.45) is 0 Å². The highest BCUT2D eigenvalue weighted by atomic mass is 32.2. The molecule has 0 aliphatic heterocycles. The molecule has 1 N–H and O–H groups in total. The molecule has 0 heterocycles. The standard InChI is InChI=1S/C13H25NO2S/c1-14-11-7-9-13(10-8-11)17(15,16)12-5-3-2-4-6-12/h11-14H,2-10H2,1H3. The molecule has 0 aromatic carbocycles. The van der Waals surface area contributed by atoms with Crippen molar-refractivity contribution < 1.29 is 8.42 Å². The van der Waals surface area contributed by atoms with Gasteiger partial charge in [-0.05, 0) is 45.6 Å². The van der Waals surface area contributed by atoms with E-state index in [1.807, 2.05) is 7.05 Å². The van der Waals surface area contributed by atoms with Crippen LogP contribution >= 0.6 is 0 Å². The van der Waals surface area contributed by atoms with Crippen LogP contribution in [0, 0.1) is 0 Å². The molecule has 0 saturated heterocycles. The maximum absolute atomic E-state index is 12.5.